The fraction of sp³-hybridized carbons (Fsp3) is 0.818. The molecule has 2 atom stereocenters. The molecule has 1 fully saturated rings. The van der Waals surface area contributed by atoms with Crippen molar-refractivity contribution in [3.63, 3.8) is 0 Å². The van der Waals surface area contributed by atoms with Crippen LogP contribution in [-0.4, -0.2) is 41.8 Å². The molecule has 7 heteroatoms. The number of hydrogen-bond acceptors (Lipinski definition) is 5. The molecule has 1 aliphatic heterocycles. The number of rotatable bonds is 3. The zero-order chi connectivity index (χ0) is 13.9. The highest BCUT2D eigenvalue weighted by Gasteiger charge is 2.39. The van der Waals surface area contributed by atoms with Gasteiger partial charge in [-0.2, -0.15) is 4.52 Å². The van der Waals surface area contributed by atoms with E-state index in [0.29, 0.717) is 19.4 Å². The minimum absolute atomic E-state index is 0.206. The van der Waals surface area contributed by atoms with Crippen molar-refractivity contribution in [2.45, 2.75) is 45.3 Å². The fourth-order valence-electron chi connectivity index (χ4n) is 1.65. The summed E-state index contributed by atoms with van der Waals surface area (Å²) in [5.74, 6) is -0.206. The second kappa shape index (κ2) is 6.04. The molecule has 0 bridgehead atoms. The third-order valence-electron chi connectivity index (χ3n) is 2.36. The Morgan fingerprint density at radius 2 is 2.17 bits per heavy atom. The predicted molar refractivity (Wildman–Crippen MR) is 72.3 cm³/mol. The van der Waals surface area contributed by atoms with Crippen molar-refractivity contribution in [2.75, 3.05) is 13.3 Å². The summed E-state index contributed by atoms with van der Waals surface area (Å²) in [4.78, 5) is 24.8. The third-order valence-corrected chi connectivity index (χ3v) is 3.19. The summed E-state index contributed by atoms with van der Waals surface area (Å²) in [6, 6.07) is -0.250. The second-order valence-electron chi connectivity index (χ2n) is 5.17. The van der Waals surface area contributed by atoms with E-state index in [1.165, 1.54) is 4.90 Å². The maximum atomic E-state index is 11.9. The molecule has 1 saturated heterocycles. The van der Waals surface area contributed by atoms with Crippen molar-refractivity contribution in [2.24, 2.45) is 0 Å². The summed E-state index contributed by atoms with van der Waals surface area (Å²) < 4.78 is 10.6. The molecule has 0 aromatic carbocycles. The van der Waals surface area contributed by atoms with Gasteiger partial charge in [0, 0.05) is 6.42 Å². The number of likely N-dealkylation sites (tertiary alicyclic amines) is 1. The van der Waals surface area contributed by atoms with E-state index in [-0.39, 0.29) is 11.9 Å². The lowest BCUT2D eigenvalue weighted by molar-refractivity contribution is -0.128. The summed E-state index contributed by atoms with van der Waals surface area (Å²) in [5, 5.41) is 0. The number of carbonyl (C=O) groups is 2. The Bertz CT molecular complexity index is 367. The number of nitrogens with zero attached hydrogens (tertiary/aromatic N) is 1. The van der Waals surface area contributed by atoms with Crippen LogP contribution in [0.1, 0.15) is 33.6 Å². The van der Waals surface area contributed by atoms with Crippen LogP contribution in [0.25, 0.3) is 0 Å². The van der Waals surface area contributed by atoms with E-state index in [1.807, 2.05) is 0 Å². The van der Waals surface area contributed by atoms with Gasteiger partial charge in [-0.1, -0.05) is 0 Å². The topological polar surface area (TPSA) is 55.8 Å². The Hall–Kier alpha value is -0.580. The van der Waals surface area contributed by atoms with E-state index in [0.717, 1.165) is 0 Å². The Balaban J connectivity index is 2.67. The standard InChI is InChI=1S/C11H19NO4PS/c1-11(2,3)16-10(14)12-8(5-6-9(12)13)7-15-17(4)18/h8H,5-7H2,1-4H3/q+1/t8-/m0/s1. The zero-order valence-electron chi connectivity index (χ0n) is 11.1. The van der Waals surface area contributed by atoms with E-state index in [4.69, 9.17) is 21.1 Å². The number of ether oxygens (including phenoxy) is 1. The van der Waals surface area contributed by atoms with Crippen LogP contribution in [0.4, 0.5) is 4.79 Å². The van der Waals surface area contributed by atoms with Gasteiger partial charge in [0.1, 0.15) is 18.9 Å². The van der Waals surface area contributed by atoms with E-state index in [9.17, 15) is 9.59 Å². The molecule has 0 spiro atoms. The predicted octanol–water partition coefficient (Wildman–Crippen LogP) is 2.42. The molecule has 18 heavy (non-hydrogen) atoms. The number of imide groups is 1. The van der Waals surface area contributed by atoms with Crippen LogP contribution in [0.2, 0.25) is 0 Å². The lowest BCUT2D eigenvalue weighted by atomic mass is 10.2. The number of amides is 2. The van der Waals surface area contributed by atoms with Crippen molar-refractivity contribution in [3.05, 3.63) is 0 Å². The normalized spacial score (nSPS) is 21.1. The smallest absolute Gasteiger partial charge is 0.417 e. The van der Waals surface area contributed by atoms with Crippen LogP contribution in [0.5, 0.6) is 0 Å². The molecule has 102 valence electrons. The first-order chi connectivity index (χ1) is 8.20. The summed E-state index contributed by atoms with van der Waals surface area (Å²) in [6.45, 7) is 6.51. The van der Waals surface area contributed by atoms with Gasteiger partial charge in [0.25, 0.3) is 0 Å². The van der Waals surface area contributed by atoms with Crippen molar-refractivity contribution in [3.8, 4) is 0 Å². The molecular weight excluding hydrogens is 273 g/mol. The minimum atomic E-state index is -0.903. The highest BCUT2D eigenvalue weighted by atomic mass is 32.4. The quantitative estimate of drug-likeness (QED) is 0.748. The largest absolute Gasteiger partial charge is 0.443 e. The first-order valence-electron chi connectivity index (χ1n) is 5.79. The third kappa shape index (κ3) is 4.59. The Morgan fingerprint density at radius 1 is 1.56 bits per heavy atom. The molecule has 1 heterocycles. The number of hydrogen-bond donors (Lipinski definition) is 0. The lowest BCUT2D eigenvalue weighted by Gasteiger charge is -2.26. The minimum Gasteiger partial charge on any atom is -0.443 e. The van der Waals surface area contributed by atoms with Crippen LogP contribution in [0.15, 0.2) is 0 Å². The van der Waals surface area contributed by atoms with E-state index in [2.05, 4.69) is 0 Å². The molecule has 0 radical (unpaired) electrons. The highest BCUT2D eigenvalue weighted by Crippen LogP contribution is 2.25. The lowest BCUT2D eigenvalue weighted by Crippen LogP contribution is -2.43. The maximum Gasteiger partial charge on any atom is 0.417 e. The second-order valence-corrected chi connectivity index (χ2v) is 7.85. The van der Waals surface area contributed by atoms with Crippen LogP contribution in [-0.2, 0) is 25.9 Å². The fourth-order valence-corrected chi connectivity index (χ4v) is 2.22. The van der Waals surface area contributed by atoms with Crippen molar-refractivity contribution in [1.29, 1.82) is 0 Å². The average molecular weight is 292 g/mol. The van der Waals surface area contributed by atoms with Gasteiger partial charge in [-0.15, -0.1) is 0 Å². The van der Waals surface area contributed by atoms with Gasteiger partial charge in [-0.3, -0.25) is 4.79 Å². The molecule has 1 aliphatic rings. The highest BCUT2D eigenvalue weighted by molar-refractivity contribution is 8.02. The van der Waals surface area contributed by atoms with Gasteiger partial charge in [0.15, 0.2) is 11.8 Å². The van der Waals surface area contributed by atoms with E-state index < -0.39 is 18.6 Å². The molecule has 0 aromatic rings. The molecule has 1 rings (SSSR count). The van der Waals surface area contributed by atoms with Crippen molar-refractivity contribution >= 4 is 30.7 Å². The summed E-state index contributed by atoms with van der Waals surface area (Å²) >= 11 is 4.96. The van der Waals surface area contributed by atoms with Gasteiger partial charge in [-0.05, 0) is 27.2 Å². The summed E-state index contributed by atoms with van der Waals surface area (Å²) in [5.41, 5.74) is -0.610. The van der Waals surface area contributed by atoms with Crippen LogP contribution in [0.3, 0.4) is 0 Å². The molecule has 0 saturated carbocycles. The molecule has 5 nitrogen and oxygen atoms in total. The molecule has 0 aliphatic carbocycles. The van der Waals surface area contributed by atoms with E-state index >= 15 is 0 Å². The zero-order valence-corrected chi connectivity index (χ0v) is 12.8. The Labute approximate surface area is 113 Å². The van der Waals surface area contributed by atoms with Gasteiger partial charge >= 0.3 is 13.0 Å². The van der Waals surface area contributed by atoms with Gasteiger partial charge in [0.05, 0.1) is 6.04 Å². The summed E-state index contributed by atoms with van der Waals surface area (Å²) in [6.07, 6.45) is 0.367. The molecule has 0 aromatic heterocycles. The molecular formula is C11H19NO4PS+. The van der Waals surface area contributed by atoms with Gasteiger partial charge in [-0.25, -0.2) is 9.69 Å². The Kier molecular flexibility index (Phi) is 5.20. The Morgan fingerprint density at radius 3 is 2.67 bits per heavy atom. The maximum absolute atomic E-state index is 11.9. The monoisotopic (exact) mass is 292 g/mol. The SMILES string of the molecule is C[P+](=S)OC[C@@H]1CCC(=O)N1C(=O)OC(C)(C)C. The van der Waals surface area contributed by atoms with Crippen LogP contribution >= 0.6 is 6.92 Å². The molecule has 0 N–H and O–H groups in total. The van der Waals surface area contributed by atoms with Crippen molar-refractivity contribution in [1.82, 2.24) is 4.90 Å². The van der Waals surface area contributed by atoms with Crippen molar-refractivity contribution < 1.29 is 18.8 Å². The van der Waals surface area contributed by atoms with Gasteiger partial charge < -0.3 is 4.74 Å². The van der Waals surface area contributed by atoms with Gasteiger partial charge in [0.2, 0.25) is 5.91 Å². The van der Waals surface area contributed by atoms with Crippen LogP contribution in [0, 0.1) is 0 Å². The first kappa shape index (κ1) is 15.5. The first-order valence-corrected chi connectivity index (χ1v) is 8.51. The van der Waals surface area contributed by atoms with Crippen LogP contribution < -0.4 is 0 Å². The number of carbonyl (C=O) groups excluding carboxylic acids is 2. The molecule has 2 amide bonds. The molecule has 1 unspecified atom stereocenters. The summed E-state index contributed by atoms with van der Waals surface area (Å²) in [7, 11) is 0. The van der Waals surface area contributed by atoms with E-state index in [1.54, 1.807) is 27.4 Å². The average Bonchev–Trinajstić information content (AvgIpc) is 2.53.